The van der Waals surface area contributed by atoms with Crippen LogP contribution in [-0.4, -0.2) is 16.2 Å². The predicted molar refractivity (Wildman–Crippen MR) is 49.0 cm³/mol. The Morgan fingerprint density at radius 3 is 2.75 bits per heavy atom. The molecular formula is C6H3IN2O3. The number of pyridine rings is 1. The molecule has 1 aromatic heterocycles. The molecule has 0 bridgehead atoms. The summed E-state index contributed by atoms with van der Waals surface area (Å²) < 4.78 is 0.434. The van der Waals surface area contributed by atoms with E-state index in [1.54, 1.807) is 0 Å². The molecule has 62 valence electrons. The maximum absolute atomic E-state index is 10.3. The number of carbonyl (C=O) groups excluding carboxylic acids is 1. The number of hydrogen-bond donors (Lipinski definition) is 0. The number of hydrogen-bond acceptors (Lipinski definition) is 4. The van der Waals surface area contributed by atoms with E-state index in [9.17, 15) is 14.9 Å². The Morgan fingerprint density at radius 2 is 2.25 bits per heavy atom. The molecule has 0 amide bonds. The smallest absolute Gasteiger partial charge is 0.358 e. The van der Waals surface area contributed by atoms with Crippen molar-refractivity contribution in [3.8, 4) is 0 Å². The second kappa shape index (κ2) is 3.57. The number of aromatic nitrogens is 1. The van der Waals surface area contributed by atoms with E-state index < -0.39 is 4.92 Å². The van der Waals surface area contributed by atoms with Crippen LogP contribution in [-0.2, 0) is 0 Å². The number of nitro groups is 1. The standard InChI is InChI=1S/C6H3IN2O3/c7-5-1-4(3-10)2-6(8-5)9(11)12/h1-3H. The number of halogens is 1. The van der Waals surface area contributed by atoms with Crippen LogP contribution < -0.4 is 0 Å². The van der Waals surface area contributed by atoms with Gasteiger partial charge >= 0.3 is 5.82 Å². The fraction of sp³-hybridized carbons (Fsp3) is 0. The van der Waals surface area contributed by atoms with Crippen LogP contribution in [0.1, 0.15) is 10.4 Å². The topological polar surface area (TPSA) is 73.1 Å². The monoisotopic (exact) mass is 278 g/mol. The zero-order chi connectivity index (χ0) is 9.14. The van der Waals surface area contributed by atoms with Gasteiger partial charge in [-0.3, -0.25) is 4.79 Å². The molecule has 12 heavy (non-hydrogen) atoms. The Hall–Kier alpha value is -1.05. The normalized spacial score (nSPS) is 9.42. The first-order valence-electron chi connectivity index (χ1n) is 2.90. The van der Waals surface area contributed by atoms with E-state index >= 15 is 0 Å². The highest BCUT2D eigenvalue weighted by atomic mass is 127. The molecule has 1 aromatic rings. The van der Waals surface area contributed by atoms with E-state index in [0.717, 1.165) is 6.07 Å². The third-order valence-corrected chi connectivity index (χ3v) is 1.68. The van der Waals surface area contributed by atoms with Crippen molar-refractivity contribution in [1.29, 1.82) is 0 Å². The maximum Gasteiger partial charge on any atom is 0.365 e. The Balaban J connectivity index is 3.23. The number of carbonyl (C=O) groups is 1. The largest absolute Gasteiger partial charge is 0.365 e. The van der Waals surface area contributed by atoms with Gasteiger partial charge in [-0.1, -0.05) is 0 Å². The summed E-state index contributed by atoms with van der Waals surface area (Å²) in [5, 5.41) is 10.2. The SMILES string of the molecule is O=Cc1cc(I)nc([N+](=O)[O-])c1. The molecule has 0 radical (unpaired) electrons. The Kier molecular flexibility index (Phi) is 2.69. The lowest BCUT2D eigenvalue weighted by Gasteiger charge is -1.92. The van der Waals surface area contributed by atoms with E-state index in [0.29, 0.717) is 9.99 Å². The minimum absolute atomic E-state index is 0.265. The molecule has 0 aliphatic carbocycles. The molecule has 1 rings (SSSR count). The van der Waals surface area contributed by atoms with Crippen molar-refractivity contribution >= 4 is 34.7 Å². The second-order valence-corrected chi connectivity index (χ2v) is 3.06. The van der Waals surface area contributed by atoms with Gasteiger partial charge in [0.05, 0.1) is 0 Å². The van der Waals surface area contributed by atoms with Gasteiger partial charge in [0.1, 0.15) is 0 Å². The molecule has 0 aliphatic rings. The molecule has 0 fully saturated rings. The Morgan fingerprint density at radius 1 is 1.58 bits per heavy atom. The molecular weight excluding hydrogens is 275 g/mol. The quantitative estimate of drug-likeness (QED) is 0.269. The lowest BCUT2D eigenvalue weighted by Crippen LogP contribution is -1.95. The van der Waals surface area contributed by atoms with Crippen molar-refractivity contribution in [3.63, 3.8) is 0 Å². The van der Waals surface area contributed by atoms with Gasteiger partial charge in [0.15, 0.2) is 6.29 Å². The molecule has 0 saturated heterocycles. The van der Waals surface area contributed by atoms with Crippen molar-refractivity contribution in [2.45, 2.75) is 0 Å². The van der Waals surface area contributed by atoms with Crippen molar-refractivity contribution < 1.29 is 9.72 Å². The predicted octanol–water partition coefficient (Wildman–Crippen LogP) is 1.41. The first-order valence-corrected chi connectivity index (χ1v) is 3.98. The molecule has 0 saturated carbocycles. The van der Waals surface area contributed by atoms with Crippen LogP contribution in [0.15, 0.2) is 12.1 Å². The van der Waals surface area contributed by atoms with Crippen LogP contribution in [0.5, 0.6) is 0 Å². The molecule has 0 aliphatic heterocycles. The minimum Gasteiger partial charge on any atom is -0.358 e. The Labute approximate surface area is 81.1 Å². The molecule has 0 N–H and O–H groups in total. The van der Waals surface area contributed by atoms with Crippen molar-refractivity contribution in [3.05, 3.63) is 31.5 Å². The third kappa shape index (κ3) is 1.97. The van der Waals surface area contributed by atoms with Crippen LogP contribution in [0.4, 0.5) is 5.82 Å². The highest BCUT2D eigenvalue weighted by molar-refractivity contribution is 14.1. The first-order chi connectivity index (χ1) is 5.63. The van der Waals surface area contributed by atoms with Crippen LogP contribution in [0.25, 0.3) is 0 Å². The Bertz CT molecular complexity index is 340. The molecule has 6 heteroatoms. The first kappa shape index (κ1) is 9.04. The zero-order valence-electron chi connectivity index (χ0n) is 5.73. The van der Waals surface area contributed by atoms with Gasteiger partial charge < -0.3 is 10.1 Å². The van der Waals surface area contributed by atoms with Gasteiger partial charge in [0.2, 0.25) is 3.70 Å². The molecule has 0 atom stereocenters. The van der Waals surface area contributed by atoms with Crippen LogP contribution >= 0.6 is 22.6 Å². The summed E-state index contributed by atoms with van der Waals surface area (Å²) in [6.45, 7) is 0. The summed E-state index contributed by atoms with van der Waals surface area (Å²) in [6.07, 6.45) is 0.552. The second-order valence-electron chi connectivity index (χ2n) is 1.96. The summed E-state index contributed by atoms with van der Waals surface area (Å²) >= 11 is 1.81. The lowest BCUT2D eigenvalue weighted by molar-refractivity contribution is -0.389. The zero-order valence-corrected chi connectivity index (χ0v) is 7.89. The van der Waals surface area contributed by atoms with Gasteiger partial charge in [0, 0.05) is 40.3 Å². The molecule has 0 unspecified atom stereocenters. The van der Waals surface area contributed by atoms with Crippen molar-refractivity contribution in [2.24, 2.45) is 0 Å². The highest BCUT2D eigenvalue weighted by Gasteiger charge is 2.10. The summed E-state index contributed by atoms with van der Waals surface area (Å²) in [5.41, 5.74) is 0.265. The van der Waals surface area contributed by atoms with Gasteiger partial charge in [0.25, 0.3) is 0 Å². The number of aldehydes is 1. The summed E-state index contributed by atoms with van der Waals surface area (Å²) in [7, 11) is 0. The van der Waals surface area contributed by atoms with Gasteiger partial charge in [-0.05, 0) is 9.91 Å². The van der Waals surface area contributed by atoms with Gasteiger partial charge in [-0.25, -0.2) is 0 Å². The number of rotatable bonds is 2. The summed E-state index contributed by atoms with van der Waals surface area (Å²) in [6, 6.07) is 2.61. The summed E-state index contributed by atoms with van der Waals surface area (Å²) in [4.78, 5) is 23.5. The van der Waals surface area contributed by atoms with Crippen molar-refractivity contribution in [2.75, 3.05) is 0 Å². The van der Waals surface area contributed by atoms with Gasteiger partial charge in [-0.2, -0.15) is 0 Å². The highest BCUT2D eigenvalue weighted by Crippen LogP contribution is 2.12. The molecule has 5 nitrogen and oxygen atoms in total. The number of nitrogens with zero attached hydrogens (tertiary/aromatic N) is 2. The minimum atomic E-state index is -0.630. The van der Waals surface area contributed by atoms with Crippen LogP contribution in [0.3, 0.4) is 0 Å². The van der Waals surface area contributed by atoms with E-state index in [2.05, 4.69) is 4.98 Å². The molecule has 0 spiro atoms. The maximum atomic E-state index is 10.3. The van der Waals surface area contributed by atoms with E-state index in [-0.39, 0.29) is 11.4 Å². The van der Waals surface area contributed by atoms with E-state index in [1.807, 2.05) is 22.6 Å². The van der Waals surface area contributed by atoms with Gasteiger partial charge in [-0.15, -0.1) is 0 Å². The van der Waals surface area contributed by atoms with E-state index in [4.69, 9.17) is 0 Å². The average Bonchev–Trinajstić information content (AvgIpc) is 2.03. The van der Waals surface area contributed by atoms with E-state index in [1.165, 1.54) is 6.07 Å². The third-order valence-electron chi connectivity index (χ3n) is 1.13. The summed E-state index contributed by atoms with van der Waals surface area (Å²) in [5.74, 6) is -0.302. The van der Waals surface area contributed by atoms with Crippen molar-refractivity contribution in [1.82, 2.24) is 4.98 Å². The average molecular weight is 278 g/mol. The lowest BCUT2D eigenvalue weighted by atomic mass is 10.3. The van der Waals surface area contributed by atoms with Crippen LogP contribution in [0, 0.1) is 13.8 Å². The molecule has 1 heterocycles. The fourth-order valence-electron chi connectivity index (χ4n) is 0.664. The fourth-order valence-corrected chi connectivity index (χ4v) is 1.27. The van der Waals surface area contributed by atoms with Crippen LogP contribution in [0.2, 0.25) is 0 Å². The molecule has 0 aromatic carbocycles.